The number of nitrogens with zero attached hydrogens (tertiary/aromatic N) is 2. The zero-order valence-corrected chi connectivity index (χ0v) is 28.0. The molecule has 0 N–H and O–H groups in total. The zero-order valence-electron chi connectivity index (χ0n) is 26.0. The predicted octanol–water partition coefficient (Wildman–Crippen LogP) is 8.00. The highest BCUT2D eigenvalue weighted by Crippen LogP contribution is 2.37. The van der Waals surface area contributed by atoms with Crippen LogP contribution in [0.15, 0.2) is 109 Å². The Morgan fingerprint density at radius 1 is 0.435 bits per heavy atom. The molecular formula is C40H30F2N2Si2. The Kier molecular flexibility index (Phi) is 5.61. The third-order valence-corrected chi connectivity index (χ3v) is 17.6. The van der Waals surface area contributed by atoms with E-state index in [9.17, 15) is 0 Å². The van der Waals surface area contributed by atoms with Crippen molar-refractivity contribution in [2.75, 3.05) is 0 Å². The molecule has 222 valence electrons. The van der Waals surface area contributed by atoms with Gasteiger partial charge in [-0.3, -0.25) is 9.97 Å². The number of hydrogen-bond donors (Lipinski definition) is 0. The first-order valence-electron chi connectivity index (χ1n) is 15.7. The van der Waals surface area contributed by atoms with Gasteiger partial charge in [0.1, 0.15) is 16.1 Å². The number of benzene rings is 5. The lowest BCUT2D eigenvalue weighted by molar-refractivity contribution is 0.525. The van der Waals surface area contributed by atoms with Crippen molar-refractivity contribution in [3.63, 3.8) is 0 Å². The number of pyridine rings is 2. The lowest BCUT2D eigenvalue weighted by Crippen LogP contribution is -2.49. The van der Waals surface area contributed by atoms with Crippen LogP contribution in [0.25, 0.3) is 66.3 Å². The summed E-state index contributed by atoms with van der Waals surface area (Å²) >= 11 is 0. The van der Waals surface area contributed by atoms with Crippen LogP contribution < -0.4 is 20.7 Å². The van der Waals surface area contributed by atoms with E-state index in [1.807, 2.05) is 0 Å². The first-order valence-corrected chi connectivity index (χ1v) is 21.7. The predicted molar refractivity (Wildman–Crippen MR) is 192 cm³/mol. The molecule has 5 aromatic carbocycles. The molecule has 0 amide bonds. The zero-order chi connectivity index (χ0) is 31.5. The molecule has 46 heavy (non-hydrogen) atoms. The van der Waals surface area contributed by atoms with Crippen LogP contribution in [0.1, 0.15) is 0 Å². The highest BCUT2D eigenvalue weighted by Gasteiger charge is 2.38. The molecule has 2 aromatic heterocycles. The smallest absolute Gasteiger partial charge is 0.169 e. The van der Waals surface area contributed by atoms with E-state index < -0.39 is 27.8 Å². The van der Waals surface area contributed by atoms with Crippen LogP contribution in [0.2, 0.25) is 26.2 Å². The van der Waals surface area contributed by atoms with Crippen molar-refractivity contribution in [1.29, 1.82) is 0 Å². The minimum Gasteiger partial charge on any atom is -0.253 e. The van der Waals surface area contributed by atoms with Crippen LogP contribution in [0.4, 0.5) is 8.78 Å². The SMILES string of the molecule is C[Si]1(C)c2ccccc2-c2cc(-c3cnc4c(c3)c(F)c(F)c3cc(-c5ccc6c(c5)-c5ccccc5[Si]6(C)C)cnc34)ccc21. The normalized spacial score (nSPS) is 15.1. The van der Waals surface area contributed by atoms with Crippen molar-refractivity contribution in [1.82, 2.24) is 9.97 Å². The summed E-state index contributed by atoms with van der Waals surface area (Å²) in [4.78, 5) is 9.38. The third kappa shape index (κ3) is 3.65. The maximum Gasteiger partial charge on any atom is 0.169 e. The van der Waals surface area contributed by atoms with Gasteiger partial charge in [-0.1, -0.05) is 99.0 Å². The summed E-state index contributed by atoms with van der Waals surface area (Å²) in [6.45, 7) is 9.51. The topological polar surface area (TPSA) is 25.8 Å². The van der Waals surface area contributed by atoms with Crippen LogP contribution in [0.3, 0.4) is 0 Å². The molecule has 0 aliphatic carbocycles. The van der Waals surface area contributed by atoms with Gasteiger partial charge in [0.05, 0.1) is 11.0 Å². The van der Waals surface area contributed by atoms with E-state index in [4.69, 9.17) is 0 Å². The molecule has 0 atom stereocenters. The molecule has 6 heteroatoms. The van der Waals surface area contributed by atoms with Gasteiger partial charge in [0.15, 0.2) is 11.6 Å². The van der Waals surface area contributed by atoms with Crippen LogP contribution in [0.5, 0.6) is 0 Å². The summed E-state index contributed by atoms with van der Waals surface area (Å²) in [7, 11) is -3.57. The van der Waals surface area contributed by atoms with E-state index in [0.717, 1.165) is 22.3 Å². The van der Waals surface area contributed by atoms with Gasteiger partial charge >= 0.3 is 0 Å². The molecule has 0 bridgehead atoms. The average Bonchev–Trinajstić information content (AvgIpc) is 3.46. The van der Waals surface area contributed by atoms with E-state index in [2.05, 4.69) is 121 Å². The van der Waals surface area contributed by atoms with Crippen LogP contribution >= 0.6 is 0 Å². The van der Waals surface area contributed by atoms with Crippen molar-refractivity contribution < 1.29 is 8.78 Å². The van der Waals surface area contributed by atoms with Crippen LogP contribution in [0, 0.1) is 11.6 Å². The molecule has 0 saturated heterocycles. The second-order valence-corrected chi connectivity index (χ2v) is 22.4. The van der Waals surface area contributed by atoms with E-state index in [1.54, 1.807) is 24.5 Å². The van der Waals surface area contributed by atoms with Gasteiger partial charge in [-0.2, -0.15) is 0 Å². The fourth-order valence-corrected chi connectivity index (χ4v) is 14.1. The largest absolute Gasteiger partial charge is 0.253 e. The maximum atomic E-state index is 15.9. The van der Waals surface area contributed by atoms with Crippen molar-refractivity contribution in [2.45, 2.75) is 26.2 Å². The fraction of sp³-hybridized carbons (Fsp3) is 0.100. The first kappa shape index (κ1) is 27.5. The quantitative estimate of drug-likeness (QED) is 0.143. The summed E-state index contributed by atoms with van der Waals surface area (Å²) in [5.41, 5.74) is 9.08. The van der Waals surface area contributed by atoms with Crippen molar-refractivity contribution in [3.05, 3.63) is 121 Å². The standard InChI is InChI=1S/C40H30F2N2Si2/c1-45(2)33-11-7-5-9-27(33)29-17-23(13-15-35(29)45)25-19-31-37(41)38(42)32-20-26(22-44-40(32)39(31)43-21-25)24-14-16-36-30(18-24)28-10-6-8-12-34(28)46(36,3)4/h5-22H,1-4H3. The number of hydrogen-bond acceptors (Lipinski definition) is 2. The van der Waals surface area contributed by atoms with Gasteiger partial charge in [-0.05, 0) is 78.4 Å². The molecule has 2 aliphatic rings. The number of halogens is 2. The Balaban J connectivity index is 1.15. The highest BCUT2D eigenvalue weighted by molar-refractivity contribution is 7.04. The molecular weight excluding hydrogens is 603 g/mol. The number of fused-ring (bicyclic) bond motifs is 9. The van der Waals surface area contributed by atoms with Gasteiger partial charge in [0.25, 0.3) is 0 Å². The minimum absolute atomic E-state index is 0.139. The molecule has 0 fully saturated rings. The van der Waals surface area contributed by atoms with Gasteiger partial charge in [-0.15, -0.1) is 0 Å². The summed E-state index contributed by atoms with van der Waals surface area (Å²) in [5, 5.41) is 5.93. The Bertz CT molecular complexity index is 2290. The van der Waals surface area contributed by atoms with Gasteiger partial charge in [0, 0.05) is 34.3 Å². The Morgan fingerprint density at radius 3 is 1.26 bits per heavy atom. The third-order valence-electron chi connectivity index (χ3n) is 10.5. The Hall–Kier alpha value is -4.79. The number of aromatic nitrogens is 2. The second-order valence-electron chi connectivity index (χ2n) is 13.7. The van der Waals surface area contributed by atoms with Gasteiger partial charge in [-0.25, -0.2) is 8.78 Å². The molecule has 2 nitrogen and oxygen atoms in total. The lowest BCUT2D eigenvalue weighted by Gasteiger charge is -2.18. The Morgan fingerprint density at radius 2 is 0.826 bits per heavy atom. The first-order chi connectivity index (χ1) is 22.1. The fourth-order valence-electron chi connectivity index (χ4n) is 7.99. The molecule has 7 aromatic rings. The molecule has 0 saturated carbocycles. The monoisotopic (exact) mass is 632 g/mol. The minimum atomic E-state index is -1.78. The Labute approximate surface area is 268 Å². The van der Waals surface area contributed by atoms with Gasteiger partial charge in [0.2, 0.25) is 0 Å². The van der Waals surface area contributed by atoms with E-state index in [-0.39, 0.29) is 10.8 Å². The van der Waals surface area contributed by atoms with Crippen molar-refractivity contribution >= 4 is 58.7 Å². The number of rotatable bonds is 2. The van der Waals surface area contributed by atoms with Crippen molar-refractivity contribution in [2.24, 2.45) is 0 Å². The van der Waals surface area contributed by atoms with E-state index in [1.165, 1.54) is 43.0 Å². The molecule has 9 rings (SSSR count). The summed E-state index contributed by atoms with van der Waals surface area (Å²) in [6, 6.07) is 33.6. The summed E-state index contributed by atoms with van der Waals surface area (Å²) in [6.07, 6.45) is 3.51. The molecule has 0 radical (unpaired) electrons. The van der Waals surface area contributed by atoms with Crippen LogP contribution in [-0.4, -0.2) is 26.1 Å². The highest BCUT2D eigenvalue weighted by atomic mass is 28.3. The summed E-state index contributed by atoms with van der Waals surface area (Å²) < 4.78 is 31.7. The summed E-state index contributed by atoms with van der Waals surface area (Å²) in [5.74, 6) is -1.79. The van der Waals surface area contributed by atoms with E-state index >= 15 is 8.78 Å². The lowest BCUT2D eigenvalue weighted by atomic mass is 9.97. The molecule has 0 spiro atoms. The van der Waals surface area contributed by atoms with E-state index in [0.29, 0.717) is 11.0 Å². The van der Waals surface area contributed by atoms with Crippen LogP contribution in [-0.2, 0) is 0 Å². The molecule has 2 aliphatic heterocycles. The molecule has 0 unspecified atom stereocenters. The average molecular weight is 633 g/mol. The second kappa shape index (κ2) is 9.38. The van der Waals surface area contributed by atoms with Gasteiger partial charge < -0.3 is 0 Å². The maximum absolute atomic E-state index is 15.9. The van der Waals surface area contributed by atoms with Crippen molar-refractivity contribution in [3.8, 4) is 44.5 Å². The molecule has 4 heterocycles.